The van der Waals surface area contributed by atoms with Crippen molar-refractivity contribution in [1.29, 1.82) is 0 Å². The number of aromatic nitrogens is 3. The molecule has 0 saturated carbocycles. The van der Waals surface area contributed by atoms with E-state index in [4.69, 9.17) is 0 Å². The smallest absolute Gasteiger partial charge is 0.332 e. The number of hydrogen-bond donors (Lipinski definition) is 1. The number of hydrogen-bond acceptors (Lipinski definition) is 7. The number of nitro groups is 1. The molecule has 2 aromatic rings. The van der Waals surface area contributed by atoms with Crippen LogP contribution in [-0.2, 0) is 6.54 Å². The van der Waals surface area contributed by atoms with Crippen LogP contribution in [0.3, 0.4) is 0 Å². The zero-order valence-corrected chi connectivity index (χ0v) is 12.1. The van der Waals surface area contributed by atoms with Gasteiger partial charge in [-0.05, 0) is 19.1 Å². The molecule has 8 heteroatoms. The Labute approximate surface area is 122 Å². The van der Waals surface area contributed by atoms with Crippen LogP contribution in [0.15, 0.2) is 24.4 Å². The molecule has 0 radical (unpaired) electrons. The first-order chi connectivity index (χ1) is 10.0. The Morgan fingerprint density at radius 3 is 2.71 bits per heavy atom. The van der Waals surface area contributed by atoms with E-state index in [1.165, 1.54) is 0 Å². The molecule has 0 amide bonds. The molecule has 8 nitrogen and oxygen atoms in total. The van der Waals surface area contributed by atoms with Crippen LogP contribution in [0.5, 0.6) is 0 Å². The molecule has 0 spiro atoms. The van der Waals surface area contributed by atoms with Gasteiger partial charge >= 0.3 is 5.69 Å². The van der Waals surface area contributed by atoms with E-state index in [2.05, 4.69) is 20.3 Å². The molecule has 0 aliphatic heterocycles. The lowest BCUT2D eigenvalue weighted by Crippen LogP contribution is -2.21. The summed E-state index contributed by atoms with van der Waals surface area (Å²) in [5.41, 5.74) is 1.03. The highest BCUT2D eigenvalue weighted by atomic mass is 16.6. The van der Waals surface area contributed by atoms with Gasteiger partial charge in [-0.15, -0.1) is 0 Å². The highest BCUT2D eigenvalue weighted by molar-refractivity contribution is 5.62. The summed E-state index contributed by atoms with van der Waals surface area (Å²) in [5, 5.41) is 14.1. The molecule has 0 bridgehead atoms. The maximum absolute atomic E-state index is 11.3. The third kappa shape index (κ3) is 3.22. The van der Waals surface area contributed by atoms with E-state index in [0.29, 0.717) is 18.2 Å². The fourth-order valence-corrected chi connectivity index (χ4v) is 1.95. The largest absolute Gasteiger partial charge is 0.357 e. The molecule has 2 rings (SSSR count). The second kappa shape index (κ2) is 6.12. The van der Waals surface area contributed by atoms with Crippen molar-refractivity contribution in [3.63, 3.8) is 0 Å². The summed E-state index contributed by atoms with van der Waals surface area (Å²) in [6, 6.07) is 5.55. The molecular weight excluding hydrogens is 272 g/mol. The van der Waals surface area contributed by atoms with E-state index in [0.717, 1.165) is 5.69 Å². The lowest BCUT2D eigenvalue weighted by molar-refractivity contribution is -0.385. The number of pyridine rings is 1. The maximum Gasteiger partial charge on any atom is 0.332 e. The minimum Gasteiger partial charge on any atom is -0.357 e. The SMILES string of the molecule is CNc1nc(C)c([N+](=O)[O-])c(N(C)Cc2ccccn2)n1. The van der Waals surface area contributed by atoms with Gasteiger partial charge in [0.1, 0.15) is 5.69 Å². The zero-order chi connectivity index (χ0) is 15.4. The average Bonchev–Trinajstić information content (AvgIpc) is 2.46. The number of rotatable bonds is 5. The van der Waals surface area contributed by atoms with Gasteiger partial charge < -0.3 is 10.2 Å². The summed E-state index contributed by atoms with van der Waals surface area (Å²) in [7, 11) is 3.41. The van der Waals surface area contributed by atoms with Gasteiger partial charge in [-0.1, -0.05) is 6.07 Å². The molecule has 21 heavy (non-hydrogen) atoms. The Morgan fingerprint density at radius 1 is 1.38 bits per heavy atom. The molecule has 2 aromatic heterocycles. The second-order valence-corrected chi connectivity index (χ2v) is 4.49. The average molecular weight is 288 g/mol. The molecule has 110 valence electrons. The lowest BCUT2D eigenvalue weighted by Gasteiger charge is -2.18. The van der Waals surface area contributed by atoms with Crippen LogP contribution in [-0.4, -0.2) is 34.0 Å². The van der Waals surface area contributed by atoms with Crippen molar-refractivity contribution in [3.8, 4) is 0 Å². The van der Waals surface area contributed by atoms with Crippen LogP contribution in [0.2, 0.25) is 0 Å². The van der Waals surface area contributed by atoms with E-state index in [-0.39, 0.29) is 11.5 Å². The highest BCUT2D eigenvalue weighted by Crippen LogP contribution is 2.29. The lowest BCUT2D eigenvalue weighted by atomic mass is 10.3. The van der Waals surface area contributed by atoms with Crippen molar-refractivity contribution in [2.45, 2.75) is 13.5 Å². The highest BCUT2D eigenvalue weighted by Gasteiger charge is 2.24. The van der Waals surface area contributed by atoms with Crippen molar-refractivity contribution in [2.75, 3.05) is 24.3 Å². The van der Waals surface area contributed by atoms with Gasteiger partial charge in [0.25, 0.3) is 0 Å². The van der Waals surface area contributed by atoms with Gasteiger partial charge in [0, 0.05) is 20.3 Å². The Bertz CT molecular complexity index is 647. The topological polar surface area (TPSA) is 97.1 Å². The normalized spacial score (nSPS) is 10.2. The standard InChI is InChI=1S/C13H16N6O2/c1-9-11(19(20)21)12(17-13(14-2)16-9)18(3)8-10-6-4-5-7-15-10/h4-7H,8H2,1-3H3,(H,14,16,17). The van der Waals surface area contributed by atoms with Gasteiger partial charge in [0.05, 0.1) is 17.2 Å². The fraction of sp³-hybridized carbons (Fsp3) is 0.308. The quantitative estimate of drug-likeness (QED) is 0.661. The van der Waals surface area contributed by atoms with E-state index in [9.17, 15) is 10.1 Å². The summed E-state index contributed by atoms with van der Waals surface area (Å²) in [6.45, 7) is 2.01. The minimum absolute atomic E-state index is 0.0903. The molecule has 0 atom stereocenters. The Hall–Kier alpha value is -2.77. The van der Waals surface area contributed by atoms with Crippen molar-refractivity contribution in [3.05, 3.63) is 45.9 Å². The van der Waals surface area contributed by atoms with E-state index < -0.39 is 4.92 Å². The molecule has 1 N–H and O–H groups in total. The monoisotopic (exact) mass is 288 g/mol. The molecular formula is C13H16N6O2. The molecule has 0 unspecified atom stereocenters. The first kappa shape index (κ1) is 14.6. The van der Waals surface area contributed by atoms with Crippen LogP contribution in [0.4, 0.5) is 17.5 Å². The van der Waals surface area contributed by atoms with Gasteiger partial charge in [0.15, 0.2) is 0 Å². The fourth-order valence-electron chi connectivity index (χ4n) is 1.95. The van der Waals surface area contributed by atoms with E-state index in [1.807, 2.05) is 18.2 Å². The summed E-state index contributed by atoms with van der Waals surface area (Å²) in [6.07, 6.45) is 1.68. The van der Waals surface area contributed by atoms with Crippen LogP contribution in [0, 0.1) is 17.0 Å². The first-order valence-corrected chi connectivity index (χ1v) is 6.34. The van der Waals surface area contributed by atoms with Crippen molar-refractivity contribution >= 4 is 17.5 Å². The first-order valence-electron chi connectivity index (χ1n) is 6.34. The Morgan fingerprint density at radius 2 is 2.14 bits per heavy atom. The van der Waals surface area contributed by atoms with Gasteiger partial charge in [-0.2, -0.15) is 4.98 Å². The molecule has 0 aromatic carbocycles. The minimum atomic E-state index is -0.459. The zero-order valence-electron chi connectivity index (χ0n) is 12.1. The Kier molecular flexibility index (Phi) is 4.27. The maximum atomic E-state index is 11.3. The van der Waals surface area contributed by atoms with E-state index >= 15 is 0 Å². The third-order valence-electron chi connectivity index (χ3n) is 2.93. The molecule has 0 aliphatic rings. The summed E-state index contributed by atoms with van der Waals surface area (Å²) in [5.74, 6) is 0.614. The van der Waals surface area contributed by atoms with E-state index in [1.54, 1.807) is 32.1 Å². The third-order valence-corrected chi connectivity index (χ3v) is 2.93. The van der Waals surface area contributed by atoms with Crippen molar-refractivity contribution < 1.29 is 4.92 Å². The predicted molar refractivity (Wildman–Crippen MR) is 79.3 cm³/mol. The predicted octanol–water partition coefficient (Wildman–Crippen LogP) is 1.77. The summed E-state index contributed by atoms with van der Waals surface area (Å²) in [4.78, 5) is 25.0. The Balaban J connectivity index is 2.41. The number of anilines is 2. The number of nitrogens with one attached hydrogen (secondary N) is 1. The van der Waals surface area contributed by atoms with Gasteiger partial charge in [0.2, 0.25) is 11.8 Å². The van der Waals surface area contributed by atoms with Crippen LogP contribution in [0.25, 0.3) is 0 Å². The van der Waals surface area contributed by atoms with Crippen molar-refractivity contribution in [1.82, 2.24) is 15.0 Å². The summed E-state index contributed by atoms with van der Waals surface area (Å²) >= 11 is 0. The number of aryl methyl sites for hydroxylation is 1. The molecule has 0 fully saturated rings. The van der Waals surface area contributed by atoms with Crippen LogP contribution >= 0.6 is 0 Å². The van der Waals surface area contributed by atoms with Gasteiger partial charge in [-0.25, -0.2) is 4.98 Å². The summed E-state index contributed by atoms with van der Waals surface area (Å²) < 4.78 is 0. The molecule has 2 heterocycles. The number of nitrogens with zero attached hydrogens (tertiary/aromatic N) is 5. The molecule has 0 aliphatic carbocycles. The second-order valence-electron chi connectivity index (χ2n) is 4.49. The van der Waals surface area contributed by atoms with Crippen LogP contribution < -0.4 is 10.2 Å². The van der Waals surface area contributed by atoms with Gasteiger partial charge in [-0.3, -0.25) is 15.1 Å². The molecule has 0 saturated heterocycles. The van der Waals surface area contributed by atoms with Crippen molar-refractivity contribution in [2.24, 2.45) is 0 Å². The van der Waals surface area contributed by atoms with Crippen LogP contribution in [0.1, 0.15) is 11.4 Å².